The Morgan fingerprint density at radius 3 is 0.951 bits per heavy atom. The van der Waals surface area contributed by atoms with E-state index in [1.54, 1.807) is 57.0 Å². The maximum atomic E-state index is 13.6. The molecule has 142 heavy (non-hydrogen) atoms. The summed E-state index contributed by atoms with van der Waals surface area (Å²) in [7, 11) is -3.06. The number of nitrogens with one attached hydrogen (secondary N) is 8. The SMILES string of the molecule is CC.CC.CC.CC.CC.CC.CC.CC.CC.CC.CC.CC.CC.CC.CC(C)(C)NC1CCc2ccccc21.CC(C)(C)N[C@@H]1CCc2ccccc21.CC(C)(C)N[C@H]1CCc2ccccc21.CC(C)NC1CC(F)(F)c2ccccc21.CC(C)NC1CC2(CC2)c2ccccc21.CC(C)NC1CCc2ccsc21.CC(C)NC1CS(=O)(=O)c2ccccc21.CC(C)NC1c2ccccc2CC12CC2. The van der Waals surface area contributed by atoms with Gasteiger partial charge in [-0.05, 0) is 253 Å². The second-order valence-electron chi connectivity index (χ2n) is 38.8. The number of hydrogen-bond acceptors (Lipinski definition) is 11. The molecule has 18 rings (SSSR count). The van der Waals surface area contributed by atoms with E-state index in [-0.39, 0.29) is 58.5 Å². The van der Waals surface area contributed by atoms with Crippen LogP contribution in [0.5, 0.6) is 0 Å². The van der Waals surface area contributed by atoms with Crippen molar-refractivity contribution in [2.45, 2.75) is 533 Å². The van der Waals surface area contributed by atoms with Crippen molar-refractivity contribution >= 4 is 21.2 Å². The summed E-state index contributed by atoms with van der Waals surface area (Å²) in [5.74, 6) is -2.49. The van der Waals surface area contributed by atoms with E-state index in [1.165, 1.54) is 129 Å². The quantitative estimate of drug-likeness (QED) is 0.0565. The van der Waals surface area contributed by atoms with Gasteiger partial charge < -0.3 is 42.5 Å². The van der Waals surface area contributed by atoms with Crippen molar-refractivity contribution in [3.05, 3.63) is 264 Å². The average molecular weight is 2010 g/mol. The van der Waals surface area contributed by atoms with Gasteiger partial charge in [-0.25, -0.2) is 17.2 Å². The third-order valence-electron chi connectivity index (χ3n) is 23.6. The Labute approximate surface area is 883 Å². The molecule has 2 fully saturated rings. The molecule has 814 valence electrons. The summed E-state index contributed by atoms with van der Waals surface area (Å²) >= 11 is 1.90. The van der Waals surface area contributed by atoms with E-state index in [2.05, 4.69) is 279 Å². The minimum Gasteiger partial charge on any atom is -0.308 e. The molecule has 2 spiro atoms. The Bertz CT molecular complexity index is 4320. The van der Waals surface area contributed by atoms with Gasteiger partial charge in [0.2, 0.25) is 0 Å². The Balaban J connectivity index is -0.000000739. The highest BCUT2D eigenvalue weighted by Crippen LogP contribution is 2.62. The van der Waals surface area contributed by atoms with E-state index >= 15 is 0 Å². The molecule has 1 aliphatic heterocycles. The van der Waals surface area contributed by atoms with Crippen molar-refractivity contribution in [1.29, 1.82) is 0 Å². The molecule has 8 aromatic rings. The first kappa shape index (κ1) is 142. The zero-order chi connectivity index (χ0) is 110. The molecule has 2 heterocycles. The smallest absolute Gasteiger partial charge is 0.275 e. The highest BCUT2D eigenvalue weighted by molar-refractivity contribution is 7.91. The van der Waals surface area contributed by atoms with Gasteiger partial charge in [0.1, 0.15) is 0 Å². The van der Waals surface area contributed by atoms with Crippen LogP contribution in [0.25, 0.3) is 0 Å². The molecular weight excluding hydrogens is 1780 g/mol. The molecular formula is C128H224F2N8O2S2. The van der Waals surface area contributed by atoms with Crippen LogP contribution in [-0.2, 0) is 53.3 Å². The highest BCUT2D eigenvalue weighted by Gasteiger charge is 2.55. The van der Waals surface area contributed by atoms with Gasteiger partial charge in [0.05, 0.1) is 10.6 Å². The van der Waals surface area contributed by atoms with Crippen molar-refractivity contribution in [3.63, 3.8) is 0 Å². The molecule has 8 atom stereocenters. The standard InChI is InChI=1S/2C14H19N.3C13H19N.C12H15F2N.C11H15NO2S.C10H15NS.14C2H6/c1-10(2)15-13-9-14(7-8-14)12-6-4-3-5-11(12)13;1-10(2)15-13-12-6-4-3-5-11(12)9-14(13)7-8-14;3*1-13(2,3)14-12-9-8-10-6-4-5-7-11(10)12;1-8(2)15-11-7-12(13,14)10-6-4-3-5-9(10)11;1-8(2)12-10-7-15(13,14)11-6-4-3-5-9(10)11;1-7(2)11-9-4-3-8-5-6-12-10(8)9;14*1-2/h2*3-6,10,13,15H,7-9H2,1-2H3;3*4-7,12,14H,8-9H2,1-3H3;3-6,8,11,15H,7H2,1-2H3;3-6,8,10,12H,7H2,1-2H3;5-7,9,11H,3-4H2,1-2H3;14*1-2H3/t;;2*12-;;;;;;;;;;;;;;;;;;/m..10................../s1. The second-order valence-corrected chi connectivity index (χ2v) is 41.7. The monoisotopic (exact) mass is 2010 g/mol. The van der Waals surface area contributed by atoms with Crippen LogP contribution < -0.4 is 42.5 Å². The number of thiophene rings is 1. The van der Waals surface area contributed by atoms with Crippen LogP contribution in [0.3, 0.4) is 0 Å². The third-order valence-corrected chi connectivity index (χ3v) is 26.5. The van der Waals surface area contributed by atoms with Gasteiger partial charge in [0, 0.05) is 112 Å². The number of fused-ring (bicyclic) bond motifs is 9. The fourth-order valence-corrected chi connectivity index (χ4v) is 21.6. The summed E-state index contributed by atoms with van der Waals surface area (Å²) < 4.78 is 50.8. The van der Waals surface area contributed by atoms with Crippen molar-refractivity contribution in [2.24, 2.45) is 5.41 Å². The van der Waals surface area contributed by atoms with E-state index in [9.17, 15) is 17.2 Å². The molecule has 0 amide bonds. The summed E-state index contributed by atoms with van der Waals surface area (Å²) in [6.45, 7) is 97.5. The molecule has 6 unspecified atom stereocenters. The van der Waals surface area contributed by atoms with Gasteiger partial charge in [0.25, 0.3) is 5.92 Å². The van der Waals surface area contributed by atoms with Crippen LogP contribution in [0.15, 0.2) is 186 Å². The van der Waals surface area contributed by atoms with Crippen molar-refractivity contribution < 1.29 is 17.2 Å². The van der Waals surface area contributed by atoms with Gasteiger partial charge >= 0.3 is 0 Å². The minimum atomic E-state index is -3.06. The predicted octanol–water partition coefficient (Wildman–Crippen LogP) is 37.2. The van der Waals surface area contributed by atoms with Crippen LogP contribution in [0, 0.1) is 5.41 Å². The van der Waals surface area contributed by atoms with E-state index in [0.29, 0.717) is 70.1 Å². The molecule has 0 saturated heterocycles. The first-order chi connectivity index (χ1) is 67.9. The molecule has 1 aromatic heterocycles. The van der Waals surface area contributed by atoms with Crippen LogP contribution in [-0.4, -0.2) is 61.0 Å². The normalized spacial score (nSPS) is 19.0. The molecule has 7 aromatic carbocycles. The molecule has 0 bridgehead atoms. The highest BCUT2D eigenvalue weighted by atomic mass is 32.2. The number of benzene rings is 7. The Hall–Kier alpha value is -6.27. The van der Waals surface area contributed by atoms with Gasteiger partial charge in [-0.1, -0.05) is 427 Å². The zero-order valence-corrected chi connectivity index (χ0v) is 102. The Morgan fingerprint density at radius 2 is 0.592 bits per heavy atom. The fourth-order valence-electron chi connectivity index (χ4n) is 18.8. The largest absolute Gasteiger partial charge is 0.308 e. The molecule has 9 aliphatic carbocycles. The lowest BCUT2D eigenvalue weighted by molar-refractivity contribution is -0.00935. The van der Waals surface area contributed by atoms with Crippen LogP contribution in [0.4, 0.5) is 8.78 Å². The van der Waals surface area contributed by atoms with Gasteiger partial charge in [-0.2, -0.15) is 0 Å². The van der Waals surface area contributed by atoms with Crippen LogP contribution >= 0.6 is 11.3 Å². The first-order valence-corrected chi connectivity index (χ1v) is 59.8. The van der Waals surface area contributed by atoms with Gasteiger partial charge in [0.15, 0.2) is 9.84 Å². The summed E-state index contributed by atoms with van der Waals surface area (Å²) in [4.78, 5) is 2.06. The first-order valence-electron chi connectivity index (χ1n) is 57.3. The number of sulfone groups is 1. The number of rotatable bonds is 13. The maximum absolute atomic E-state index is 13.6. The number of aryl methyl sites for hydroxylation is 4. The summed E-state index contributed by atoms with van der Waals surface area (Å²) in [5, 5.41) is 30.7. The lowest BCUT2D eigenvalue weighted by atomic mass is 9.97. The lowest BCUT2D eigenvalue weighted by Crippen LogP contribution is -2.38. The second kappa shape index (κ2) is 76.3. The predicted molar refractivity (Wildman–Crippen MR) is 635 cm³/mol. The maximum Gasteiger partial charge on any atom is 0.275 e. The number of hydrogen-bond donors (Lipinski definition) is 8. The fraction of sp³-hybridized carbons (Fsp3) is 0.641. The lowest BCUT2D eigenvalue weighted by Gasteiger charge is -2.26. The topological polar surface area (TPSA) is 130 Å². The van der Waals surface area contributed by atoms with Crippen molar-refractivity contribution in [1.82, 2.24) is 42.5 Å². The van der Waals surface area contributed by atoms with E-state index < -0.39 is 15.8 Å². The minimum absolute atomic E-state index is 0.0498. The Morgan fingerprint density at radius 1 is 0.303 bits per heavy atom. The van der Waals surface area contributed by atoms with Crippen molar-refractivity contribution in [3.8, 4) is 0 Å². The number of halogens is 2. The van der Waals surface area contributed by atoms with Crippen molar-refractivity contribution in [2.75, 3.05) is 5.75 Å². The Kier molecular flexibility index (Phi) is 76.3. The molecule has 0 radical (unpaired) electrons. The number of alkyl halides is 2. The van der Waals surface area contributed by atoms with Crippen LogP contribution in [0.2, 0.25) is 0 Å². The molecule has 10 nitrogen and oxygen atoms in total. The summed E-state index contributed by atoms with van der Waals surface area (Å²) in [5.41, 5.74) is 20.6. The van der Waals surface area contributed by atoms with E-state index in [0.717, 1.165) is 11.1 Å². The van der Waals surface area contributed by atoms with E-state index in [1.807, 2.05) is 251 Å². The molecule has 10 aliphatic rings. The molecule has 8 N–H and O–H groups in total. The zero-order valence-electron chi connectivity index (χ0n) is 101. The van der Waals surface area contributed by atoms with Gasteiger partial charge in [-0.15, -0.1) is 11.3 Å². The summed E-state index contributed by atoms with van der Waals surface area (Å²) in [6.07, 6.45) is 18.1. The summed E-state index contributed by atoms with van der Waals surface area (Å²) in [6, 6.07) is 66.2. The third kappa shape index (κ3) is 47.9. The van der Waals surface area contributed by atoms with Crippen LogP contribution in [0.1, 0.15) is 521 Å². The van der Waals surface area contributed by atoms with E-state index in [4.69, 9.17) is 0 Å². The molecule has 2 saturated carbocycles. The van der Waals surface area contributed by atoms with Gasteiger partial charge in [-0.3, -0.25) is 0 Å². The molecule has 14 heteroatoms. The average Bonchev–Trinajstić information content (AvgIpc) is 1.57.